The van der Waals surface area contributed by atoms with Gasteiger partial charge in [0.1, 0.15) is 0 Å². The highest BCUT2D eigenvalue weighted by molar-refractivity contribution is 5.03. The van der Waals surface area contributed by atoms with Crippen LogP contribution in [0.1, 0.15) is 84.0 Å². The van der Waals surface area contributed by atoms with E-state index < -0.39 is 0 Å². The third kappa shape index (κ3) is 2.48. The predicted molar refractivity (Wildman–Crippen MR) is 77.7 cm³/mol. The fourth-order valence-electron chi connectivity index (χ4n) is 4.81. The SMILES string of the molecule is CC1CCCCCC1NC1CCC12CCCCC2. The van der Waals surface area contributed by atoms with Gasteiger partial charge in [0.05, 0.1) is 0 Å². The van der Waals surface area contributed by atoms with E-state index in [-0.39, 0.29) is 0 Å². The summed E-state index contributed by atoms with van der Waals surface area (Å²) < 4.78 is 0. The Labute approximate surface area is 113 Å². The standard InChI is InChI=1S/C17H31N/c1-14-8-4-2-5-9-15(14)18-16-10-13-17(16)11-6-3-7-12-17/h14-16,18H,2-13H2,1H3. The normalized spacial score (nSPS) is 40.2. The highest BCUT2D eigenvalue weighted by Crippen LogP contribution is 2.52. The molecule has 1 nitrogen and oxygen atoms in total. The second kappa shape index (κ2) is 5.53. The summed E-state index contributed by atoms with van der Waals surface area (Å²) in [6.45, 7) is 2.48. The molecule has 3 unspecified atom stereocenters. The van der Waals surface area contributed by atoms with Gasteiger partial charge >= 0.3 is 0 Å². The van der Waals surface area contributed by atoms with E-state index in [9.17, 15) is 0 Å². The Morgan fingerprint density at radius 2 is 1.50 bits per heavy atom. The first kappa shape index (κ1) is 13.0. The third-order valence-corrected chi connectivity index (χ3v) is 6.30. The zero-order valence-electron chi connectivity index (χ0n) is 12.2. The van der Waals surface area contributed by atoms with Gasteiger partial charge in [-0.05, 0) is 49.9 Å². The number of nitrogens with one attached hydrogen (secondary N) is 1. The molecule has 0 aromatic rings. The summed E-state index contributed by atoms with van der Waals surface area (Å²) in [5.74, 6) is 0.911. The van der Waals surface area contributed by atoms with Crippen molar-refractivity contribution in [3.8, 4) is 0 Å². The van der Waals surface area contributed by atoms with Crippen molar-refractivity contribution in [1.29, 1.82) is 0 Å². The van der Waals surface area contributed by atoms with Crippen LogP contribution in [0.4, 0.5) is 0 Å². The molecule has 18 heavy (non-hydrogen) atoms. The van der Waals surface area contributed by atoms with Crippen LogP contribution in [0.25, 0.3) is 0 Å². The zero-order valence-corrected chi connectivity index (χ0v) is 12.2. The topological polar surface area (TPSA) is 12.0 Å². The molecule has 3 fully saturated rings. The quantitative estimate of drug-likeness (QED) is 0.702. The van der Waals surface area contributed by atoms with E-state index in [2.05, 4.69) is 12.2 Å². The average molecular weight is 249 g/mol. The predicted octanol–water partition coefficient (Wildman–Crippen LogP) is 4.66. The number of hydrogen-bond acceptors (Lipinski definition) is 1. The van der Waals surface area contributed by atoms with E-state index in [0.717, 1.165) is 23.4 Å². The minimum absolute atomic E-state index is 0.740. The lowest BCUT2D eigenvalue weighted by Gasteiger charge is -2.54. The molecule has 3 rings (SSSR count). The van der Waals surface area contributed by atoms with E-state index in [0.29, 0.717) is 0 Å². The molecule has 1 N–H and O–H groups in total. The Kier molecular flexibility index (Phi) is 3.98. The molecular weight excluding hydrogens is 218 g/mol. The van der Waals surface area contributed by atoms with Gasteiger partial charge in [0, 0.05) is 12.1 Å². The molecule has 0 aromatic heterocycles. The molecular formula is C17H31N. The summed E-state index contributed by atoms with van der Waals surface area (Å²) in [4.78, 5) is 0. The smallest absolute Gasteiger partial charge is 0.0126 e. The van der Waals surface area contributed by atoms with Crippen molar-refractivity contribution in [3.63, 3.8) is 0 Å². The second-order valence-electron chi connectivity index (χ2n) is 7.40. The van der Waals surface area contributed by atoms with Crippen molar-refractivity contribution < 1.29 is 0 Å². The van der Waals surface area contributed by atoms with Crippen LogP contribution < -0.4 is 5.32 Å². The Morgan fingerprint density at radius 3 is 2.22 bits per heavy atom. The van der Waals surface area contributed by atoms with Crippen molar-refractivity contribution in [1.82, 2.24) is 5.32 Å². The van der Waals surface area contributed by atoms with Crippen LogP contribution in [-0.4, -0.2) is 12.1 Å². The van der Waals surface area contributed by atoms with Gasteiger partial charge in [-0.25, -0.2) is 0 Å². The van der Waals surface area contributed by atoms with Crippen LogP contribution in [0.2, 0.25) is 0 Å². The zero-order chi connectivity index (χ0) is 12.4. The maximum Gasteiger partial charge on any atom is 0.0126 e. The van der Waals surface area contributed by atoms with Crippen LogP contribution in [0.3, 0.4) is 0 Å². The van der Waals surface area contributed by atoms with E-state index in [1.165, 1.54) is 77.0 Å². The van der Waals surface area contributed by atoms with Gasteiger partial charge in [0.15, 0.2) is 0 Å². The molecule has 0 heterocycles. The molecule has 0 saturated heterocycles. The molecule has 0 radical (unpaired) electrons. The van der Waals surface area contributed by atoms with Crippen molar-refractivity contribution in [2.24, 2.45) is 11.3 Å². The van der Waals surface area contributed by atoms with E-state index in [1.807, 2.05) is 0 Å². The van der Waals surface area contributed by atoms with Gasteiger partial charge in [-0.15, -0.1) is 0 Å². The summed E-state index contributed by atoms with van der Waals surface area (Å²) in [6, 6.07) is 1.71. The minimum Gasteiger partial charge on any atom is -0.310 e. The lowest BCUT2D eigenvalue weighted by atomic mass is 9.57. The van der Waals surface area contributed by atoms with Crippen LogP contribution in [0.5, 0.6) is 0 Å². The lowest BCUT2D eigenvalue weighted by molar-refractivity contribution is 0.0117. The average Bonchev–Trinajstić information content (AvgIpc) is 2.61. The monoisotopic (exact) mass is 249 g/mol. The summed E-state index contributed by atoms with van der Waals surface area (Å²) in [5.41, 5.74) is 0.740. The van der Waals surface area contributed by atoms with Crippen LogP contribution >= 0.6 is 0 Å². The lowest BCUT2D eigenvalue weighted by Crippen LogP contribution is -2.57. The maximum absolute atomic E-state index is 4.11. The first-order valence-electron chi connectivity index (χ1n) is 8.56. The molecule has 1 spiro atoms. The molecule has 3 saturated carbocycles. The molecule has 0 aliphatic heterocycles. The Balaban J connectivity index is 1.58. The molecule has 3 aliphatic rings. The highest BCUT2D eigenvalue weighted by atomic mass is 15.0. The van der Waals surface area contributed by atoms with Gasteiger partial charge in [-0.2, -0.15) is 0 Å². The third-order valence-electron chi connectivity index (χ3n) is 6.30. The van der Waals surface area contributed by atoms with Crippen LogP contribution in [-0.2, 0) is 0 Å². The van der Waals surface area contributed by atoms with Gasteiger partial charge < -0.3 is 5.32 Å². The molecule has 0 amide bonds. The maximum atomic E-state index is 4.11. The summed E-state index contributed by atoms with van der Waals surface area (Å²) in [6.07, 6.45) is 17.8. The fraction of sp³-hybridized carbons (Fsp3) is 1.00. The second-order valence-corrected chi connectivity index (χ2v) is 7.40. The Hall–Kier alpha value is -0.0400. The van der Waals surface area contributed by atoms with Crippen molar-refractivity contribution in [3.05, 3.63) is 0 Å². The van der Waals surface area contributed by atoms with E-state index >= 15 is 0 Å². The molecule has 0 bridgehead atoms. The fourth-order valence-corrected chi connectivity index (χ4v) is 4.81. The van der Waals surface area contributed by atoms with Crippen molar-refractivity contribution in [2.45, 2.75) is 96.1 Å². The Morgan fingerprint density at radius 1 is 0.778 bits per heavy atom. The van der Waals surface area contributed by atoms with Gasteiger partial charge in [0.2, 0.25) is 0 Å². The van der Waals surface area contributed by atoms with Gasteiger partial charge in [0.25, 0.3) is 0 Å². The summed E-state index contributed by atoms with van der Waals surface area (Å²) in [7, 11) is 0. The molecule has 3 aliphatic carbocycles. The summed E-state index contributed by atoms with van der Waals surface area (Å²) in [5, 5.41) is 4.11. The molecule has 104 valence electrons. The minimum atomic E-state index is 0.740. The molecule has 1 heteroatoms. The molecule has 0 aromatic carbocycles. The number of hydrogen-bond donors (Lipinski definition) is 1. The first-order valence-corrected chi connectivity index (χ1v) is 8.56. The van der Waals surface area contributed by atoms with E-state index in [4.69, 9.17) is 0 Å². The van der Waals surface area contributed by atoms with Crippen molar-refractivity contribution >= 4 is 0 Å². The van der Waals surface area contributed by atoms with Crippen LogP contribution in [0, 0.1) is 11.3 Å². The van der Waals surface area contributed by atoms with Gasteiger partial charge in [-0.1, -0.05) is 45.4 Å². The first-order chi connectivity index (χ1) is 8.80. The highest BCUT2D eigenvalue weighted by Gasteiger charge is 2.47. The van der Waals surface area contributed by atoms with Crippen molar-refractivity contribution in [2.75, 3.05) is 0 Å². The number of rotatable bonds is 2. The Bertz CT molecular complexity index is 267. The van der Waals surface area contributed by atoms with Gasteiger partial charge in [-0.3, -0.25) is 0 Å². The van der Waals surface area contributed by atoms with Crippen LogP contribution in [0.15, 0.2) is 0 Å². The molecule has 3 atom stereocenters. The largest absolute Gasteiger partial charge is 0.310 e. The summed E-state index contributed by atoms with van der Waals surface area (Å²) >= 11 is 0. The van der Waals surface area contributed by atoms with E-state index in [1.54, 1.807) is 0 Å².